The molecule has 2 aromatic carbocycles. The van der Waals surface area contributed by atoms with E-state index >= 15 is 0 Å². The van der Waals surface area contributed by atoms with Gasteiger partial charge in [-0.3, -0.25) is 18.5 Å². The highest BCUT2D eigenvalue weighted by atomic mass is 31.3. The molecule has 20 nitrogen and oxygen atoms in total. The molecule has 2 saturated heterocycles. The fourth-order valence-electron chi connectivity index (χ4n) is 5.65. The maximum atomic E-state index is 12.7. The number of nitrogens with zero attached hydrogens (tertiary/aromatic N) is 5. The zero-order chi connectivity index (χ0) is 37.0. The molecule has 9 atom stereocenters. The number of likely N-dealkylation sites (tertiary alicyclic amines) is 1. The number of hydrogen-bond acceptors (Lipinski definition) is 16. The molecule has 0 spiro atoms. The Morgan fingerprint density at radius 2 is 1.52 bits per heavy atom. The minimum atomic E-state index is -5.43. The number of anilines is 1. The van der Waals surface area contributed by atoms with Crippen molar-refractivity contribution in [2.45, 2.75) is 55.9 Å². The van der Waals surface area contributed by atoms with E-state index in [0.717, 1.165) is 10.5 Å². The summed E-state index contributed by atoms with van der Waals surface area (Å²) in [5.41, 5.74) is 2.21. The van der Waals surface area contributed by atoms with Crippen LogP contribution in [0.25, 0.3) is 11.2 Å². The summed E-state index contributed by atoms with van der Waals surface area (Å²) in [4.78, 5) is 46.7. The lowest BCUT2D eigenvalue weighted by Gasteiger charge is -2.26. The van der Waals surface area contributed by atoms with Crippen LogP contribution in [0.5, 0.6) is 0 Å². The van der Waals surface area contributed by atoms with Crippen LogP contribution >= 0.6 is 15.6 Å². The number of β-amino-alcohol motifs (C(OH)–C–C–N with tert-alkyl or cyclic N) is 1. The molecule has 1 amide bonds. The maximum Gasteiger partial charge on any atom is 0.481 e. The zero-order valence-corrected chi connectivity index (χ0v) is 28.9. The van der Waals surface area contributed by atoms with Crippen LogP contribution in [0.4, 0.5) is 10.6 Å². The lowest BCUT2D eigenvalue weighted by atomic mass is 10.1. The summed E-state index contributed by atoms with van der Waals surface area (Å²) in [5.74, 6) is 0.392. The Balaban J connectivity index is 1.03. The van der Waals surface area contributed by atoms with E-state index < -0.39 is 84.3 Å². The molecule has 2 unspecified atom stereocenters. The quantitative estimate of drug-likeness (QED) is 0.0883. The van der Waals surface area contributed by atoms with E-state index in [0.29, 0.717) is 23.4 Å². The van der Waals surface area contributed by atoms with Crippen molar-refractivity contribution in [3.05, 3.63) is 84.4 Å². The first-order chi connectivity index (χ1) is 24.8. The molecule has 2 aromatic heterocycles. The molecule has 0 saturated carbocycles. The zero-order valence-electron chi connectivity index (χ0n) is 27.1. The van der Waals surface area contributed by atoms with Crippen molar-refractivity contribution >= 4 is 38.7 Å². The number of hydrogen-bond donors (Lipinski definition) is 7. The van der Waals surface area contributed by atoms with Crippen LogP contribution < -0.4 is 5.32 Å². The van der Waals surface area contributed by atoms with Crippen LogP contribution in [0.1, 0.15) is 17.4 Å². The van der Waals surface area contributed by atoms with Gasteiger partial charge in [0.25, 0.3) is 0 Å². The third kappa shape index (κ3) is 8.83. The van der Waals surface area contributed by atoms with Crippen molar-refractivity contribution < 1.29 is 67.0 Å². The smallest absolute Gasteiger partial charge is 0.445 e. The summed E-state index contributed by atoms with van der Waals surface area (Å²) in [6.07, 6.45) is -7.46. The van der Waals surface area contributed by atoms with Crippen molar-refractivity contribution in [1.82, 2.24) is 24.4 Å². The Kier molecular flexibility index (Phi) is 11.7. The molecule has 0 radical (unpaired) electrons. The van der Waals surface area contributed by atoms with Gasteiger partial charge in [-0.15, -0.1) is 0 Å². The fourth-order valence-corrected chi connectivity index (χ4v) is 7.74. The lowest BCUT2D eigenvalue weighted by molar-refractivity contribution is -0.0504. The molecule has 280 valence electrons. The second-order valence-electron chi connectivity index (χ2n) is 11.9. The van der Waals surface area contributed by atoms with Gasteiger partial charge in [0.1, 0.15) is 37.4 Å². The highest BCUT2D eigenvalue weighted by Crippen LogP contribution is 2.60. The Hall–Kier alpha value is -3.88. The molecule has 4 heterocycles. The first-order valence-corrected chi connectivity index (χ1v) is 18.8. The number of phosphoric acid groups is 2. The van der Waals surface area contributed by atoms with Crippen LogP contribution in [-0.4, -0.2) is 117 Å². The Labute approximate surface area is 295 Å². The normalized spacial score (nSPS) is 27.0. The van der Waals surface area contributed by atoms with Crippen LogP contribution in [0.2, 0.25) is 0 Å². The average Bonchev–Trinajstić information content (AvgIpc) is 3.77. The van der Waals surface area contributed by atoms with Crippen LogP contribution in [0.15, 0.2) is 73.3 Å². The number of rotatable bonds is 14. The fraction of sp³-hybridized carbons (Fsp3) is 0.400. The number of imidazole rings is 1. The first-order valence-electron chi connectivity index (χ1n) is 15.8. The average molecular weight is 767 g/mol. The molecule has 2 fully saturated rings. The number of amides is 1. The van der Waals surface area contributed by atoms with E-state index in [-0.39, 0.29) is 12.3 Å². The lowest BCUT2D eigenvalue weighted by Crippen LogP contribution is -2.43. The molecule has 2 aliphatic heterocycles. The van der Waals surface area contributed by atoms with Crippen molar-refractivity contribution in [3.63, 3.8) is 0 Å². The van der Waals surface area contributed by atoms with Crippen molar-refractivity contribution in [1.29, 1.82) is 0 Å². The SMILES string of the molecule is O=C(OCc1ccccc1)N1C[C@H](O)[C@H](O)[C@H]1COP(=O)(O)OP(=O)(O)OC[C@H]1O[C@@H](n2cnc3c(NCc4ccccc4)ncnc32)[C@H](O)[C@@H]1O. The van der Waals surface area contributed by atoms with Gasteiger partial charge in [-0.05, 0) is 11.1 Å². The van der Waals surface area contributed by atoms with Crippen molar-refractivity contribution in [3.8, 4) is 0 Å². The Morgan fingerprint density at radius 1 is 0.865 bits per heavy atom. The van der Waals surface area contributed by atoms with E-state index in [1.807, 2.05) is 30.3 Å². The van der Waals surface area contributed by atoms with Gasteiger partial charge in [0.2, 0.25) is 0 Å². The van der Waals surface area contributed by atoms with E-state index in [9.17, 15) is 44.1 Å². The number of aliphatic hydroxyl groups excluding tert-OH is 4. The molecule has 52 heavy (non-hydrogen) atoms. The van der Waals surface area contributed by atoms with Crippen LogP contribution in [0.3, 0.4) is 0 Å². The number of aliphatic hydroxyl groups is 4. The van der Waals surface area contributed by atoms with E-state index in [1.54, 1.807) is 30.3 Å². The second-order valence-corrected chi connectivity index (χ2v) is 14.9. The molecule has 0 aliphatic carbocycles. The molecule has 7 N–H and O–H groups in total. The van der Waals surface area contributed by atoms with Gasteiger partial charge in [0.05, 0.1) is 38.2 Å². The summed E-state index contributed by atoms with van der Waals surface area (Å²) in [6, 6.07) is 16.8. The second kappa shape index (κ2) is 16.0. The number of fused-ring (bicyclic) bond motifs is 1. The van der Waals surface area contributed by atoms with Gasteiger partial charge in [0, 0.05) is 6.54 Å². The summed E-state index contributed by atoms with van der Waals surface area (Å²) < 4.78 is 51.5. The van der Waals surface area contributed by atoms with Crippen LogP contribution in [0, 0.1) is 0 Å². The molecule has 2 aliphatic rings. The van der Waals surface area contributed by atoms with E-state index in [2.05, 4.69) is 24.6 Å². The Bertz CT molecular complexity index is 1930. The minimum absolute atomic E-state index is 0.138. The molecular weight excluding hydrogens is 730 g/mol. The van der Waals surface area contributed by atoms with E-state index in [4.69, 9.17) is 18.5 Å². The third-order valence-electron chi connectivity index (χ3n) is 8.30. The highest BCUT2D eigenvalue weighted by Gasteiger charge is 2.48. The number of carbonyl (C=O) groups excluding carboxylic acids is 1. The number of nitrogens with one attached hydrogen (secondary N) is 1. The predicted octanol–water partition coefficient (Wildman–Crippen LogP) is 1.05. The largest absolute Gasteiger partial charge is 0.481 e. The summed E-state index contributed by atoms with van der Waals surface area (Å²) in [7, 11) is -10.8. The highest BCUT2D eigenvalue weighted by molar-refractivity contribution is 7.61. The van der Waals surface area contributed by atoms with Gasteiger partial charge in [-0.25, -0.2) is 28.9 Å². The predicted molar refractivity (Wildman–Crippen MR) is 177 cm³/mol. The maximum absolute atomic E-state index is 12.7. The number of benzene rings is 2. The summed E-state index contributed by atoms with van der Waals surface area (Å²) in [6.45, 7) is -1.92. The van der Waals surface area contributed by atoms with Gasteiger partial charge < -0.3 is 45.0 Å². The summed E-state index contributed by atoms with van der Waals surface area (Å²) in [5, 5.41) is 45.1. The molecule has 0 bridgehead atoms. The van der Waals surface area contributed by atoms with E-state index in [1.165, 1.54) is 17.2 Å². The van der Waals surface area contributed by atoms with Gasteiger partial charge >= 0.3 is 21.7 Å². The standard InChI is InChI=1S/C30H36N6O14P2/c37-21-12-35(30(41)46-13-19-9-5-2-6-10-19)20(24(21)38)14-47-51(42,43)50-52(44,45)48-15-22-25(39)26(40)29(49-22)36-17-34-23-27(32-16-33-28(23)36)31-11-18-7-3-1-4-8-18/h1-10,16-17,20-22,24-26,29,37-40H,11-15H2,(H,42,43)(H,44,45)(H,31,32,33)/t20-,21+,22-,24-,25-,26-,29-/m1/s1. The van der Waals surface area contributed by atoms with Gasteiger partial charge in [-0.2, -0.15) is 4.31 Å². The number of carbonyl (C=O) groups is 1. The van der Waals surface area contributed by atoms with Gasteiger partial charge in [-0.1, -0.05) is 60.7 Å². The minimum Gasteiger partial charge on any atom is -0.445 e. The molecule has 6 rings (SSSR count). The Morgan fingerprint density at radius 3 is 2.21 bits per heavy atom. The summed E-state index contributed by atoms with van der Waals surface area (Å²) >= 11 is 0. The topological polar surface area (TPSA) is 278 Å². The number of ether oxygens (including phenoxy) is 2. The van der Waals surface area contributed by atoms with Crippen molar-refractivity contribution in [2.24, 2.45) is 0 Å². The molecule has 22 heteroatoms. The number of aromatic nitrogens is 4. The number of phosphoric ester groups is 2. The van der Waals surface area contributed by atoms with Crippen LogP contribution in [-0.2, 0) is 45.1 Å². The third-order valence-corrected chi connectivity index (χ3v) is 10.9. The van der Waals surface area contributed by atoms with Crippen molar-refractivity contribution in [2.75, 3.05) is 25.1 Å². The molecular formula is C30H36N6O14P2. The first kappa shape index (κ1) is 37.9. The molecule has 4 aromatic rings. The van der Waals surface area contributed by atoms with Gasteiger partial charge in [0.15, 0.2) is 23.2 Å². The monoisotopic (exact) mass is 766 g/mol.